The average molecular weight is 687 g/mol. The molecule has 2 aliphatic rings. The molecule has 0 aliphatic carbocycles. The van der Waals surface area contributed by atoms with E-state index < -0.39 is 11.4 Å². The Morgan fingerprint density at radius 3 is 2.52 bits per heavy atom. The summed E-state index contributed by atoms with van der Waals surface area (Å²) < 4.78 is 7.82. The fraction of sp³-hybridized carbons (Fsp3) is 0.286. The molecule has 7 rings (SSSR count). The lowest BCUT2D eigenvalue weighted by molar-refractivity contribution is 0.0695. The molecular weight excluding hydrogens is 653 g/mol. The number of benzene rings is 1. The number of fused-ring (bicyclic) bond motifs is 1. The van der Waals surface area contributed by atoms with Gasteiger partial charge in [-0.3, -0.25) is 9.78 Å². The number of aromatic nitrogens is 4. The van der Waals surface area contributed by atoms with Crippen LogP contribution in [0.4, 0.5) is 11.5 Å². The Bertz CT molecular complexity index is 2040. The highest BCUT2D eigenvalue weighted by molar-refractivity contribution is 6.34. The number of likely N-dealkylation sites (N-methyl/N-ethyl adjacent to an activating group) is 1. The number of carbonyl (C=O) groups is 1. The van der Waals surface area contributed by atoms with Gasteiger partial charge in [-0.05, 0) is 68.5 Å². The molecule has 0 amide bonds. The Kier molecular flexibility index (Phi) is 8.67. The van der Waals surface area contributed by atoms with Gasteiger partial charge in [0.15, 0.2) is 0 Å². The van der Waals surface area contributed by atoms with Crippen molar-refractivity contribution in [1.82, 2.24) is 24.4 Å². The summed E-state index contributed by atoms with van der Waals surface area (Å²) in [5.74, 6) is -0.0195. The summed E-state index contributed by atoms with van der Waals surface area (Å²) >= 11 is 13.3. The van der Waals surface area contributed by atoms with Crippen LogP contribution in [0.5, 0.6) is 5.88 Å². The van der Waals surface area contributed by atoms with Crippen molar-refractivity contribution >= 4 is 51.6 Å². The molecule has 5 aromatic rings. The monoisotopic (exact) mass is 685 g/mol. The first-order valence-electron chi connectivity index (χ1n) is 15.6. The van der Waals surface area contributed by atoms with Crippen molar-refractivity contribution < 1.29 is 14.6 Å². The molecule has 11 nitrogen and oxygen atoms in total. The van der Waals surface area contributed by atoms with Gasteiger partial charge < -0.3 is 29.1 Å². The van der Waals surface area contributed by atoms with Crippen LogP contribution >= 0.6 is 23.2 Å². The minimum Gasteiger partial charge on any atom is -0.477 e. The number of ether oxygens (including phenoxy) is 1. The van der Waals surface area contributed by atoms with Crippen LogP contribution in [0.15, 0.2) is 84.3 Å². The zero-order chi connectivity index (χ0) is 33.5. The number of rotatable bonds is 9. The molecule has 2 aliphatic heterocycles. The molecule has 1 N–H and O–H groups in total. The summed E-state index contributed by atoms with van der Waals surface area (Å²) in [6.07, 6.45) is 9.04. The number of halogens is 2. The van der Waals surface area contributed by atoms with Gasteiger partial charge in [0.1, 0.15) is 23.0 Å². The van der Waals surface area contributed by atoms with Crippen molar-refractivity contribution in [3.05, 3.63) is 111 Å². The molecule has 0 bridgehead atoms. The van der Waals surface area contributed by atoms with E-state index in [2.05, 4.69) is 44.8 Å². The highest BCUT2D eigenvalue weighted by Gasteiger charge is 2.36. The highest BCUT2D eigenvalue weighted by atomic mass is 35.5. The number of hydrogen-bond acceptors (Lipinski definition) is 9. The van der Waals surface area contributed by atoms with Gasteiger partial charge in [0.05, 0.1) is 34.2 Å². The molecule has 48 heavy (non-hydrogen) atoms. The summed E-state index contributed by atoms with van der Waals surface area (Å²) in [6, 6.07) is 15.0. The van der Waals surface area contributed by atoms with E-state index in [1.807, 2.05) is 30.5 Å². The maximum absolute atomic E-state index is 13.5. The first kappa shape index (κ1) is 31.9. The van der Waals surface area contributed by atoms with Crippen molar-refractivity contribution in [2.24, 2.45) is 0 Å². The number of hydrogen-bond donors (Lipinski definition) is 1. The number of carboxylic acid groups (broad SMARTS) is 1. The summed E-state index contributed by atoms with van der Waals surface area (Å²) in [5, 5.41) is 10.9. The van der Waals surface area contributed by atoms with E-state index in [4.69, 9.17) is 32.9 Å². The zero-order valence-corrected chi connectivity index (χ0v) is 27.8. The lowest BCUT2D eigenvalue weighted by Gasteiger charge is -2.43. The third-order valence-electron chi connectivity index (χ3n) is 9.25. The van der Waals surface area contributed by atoms with E-state index in [0.29, 0.717) is 45.4 Å². The summed E-state index contributed by atoms with van der Waals surface area (Å²) in [7, 11) is 4.13. The van der Waals surface area contributed by atoms with Gasteiger partial charge in [-0.1, -0.05) is 29.3 Å². The summed E-state index contributed by atoms with van der Waals surface area (Å²) in [6.45, 7) is 2.64. The van der Waals surface area contributed by atoms with E-state index in [-0.39, 0.29) is 29.5 Å². The Morgan fingerprint density at radius 2 is 1.83 bits per heavy atom. The number of pyridine rings is 4. The Labute approximate surface area is 286 Å². The largest absolute Gasteiger partial charge is 0.477 e. The normalized spacial score (nSPS) is 18.0. The fourth-order valence-electron chi connectivity index (χ4n) is 6.48. The van der Waals surface area contributed by atoms with Gasteiger partial charge in [-0.15, -0.1) is 0 Å². The second kappa shape index (κ2) is 13.1. The van der Waals surface area contributed by atoms with Crippen LogP contribution in [0.2, 0.25) is 10.0 Å². The molecule has 246 valence electrons. The fourth-order valence-corrected chi connectivity index (χ4v) is 6.93. The first-order valence-corrected chi connectivity index (χ1v) is 16.3. The third kappa shape index (κ3) is 6.05. The minimum atomic E-state index is -1.32. The molecule has 4 aromatic heterocycles. The van der Waals surface area contributed by atoms with Gasteiger partial charge >= 0.3 is 5.97 Å². The quantitative estimate of drug-likeness (QED) is 0.217. The predicted octanol–water partition coefficient (Wildman–Crippen LogP) is 5.37. The lowest BCUT2D eigenvalue weighted by atomic mass is 9.98. The maximum atomic E-state index is 13.5. The van der Waals surface area contributed by atoms with Crippen molar-refractivity contribution in [3.63, 3.8) is 0 Å². The van der Waals surface area contributed by atoms with E-state index >= 15 is 0 Å². The van der Waals surface area contributed by atoms with Crippen LogP contribution in [0.3, 0.4) is 0 Å². The Hall–Kier alpha value is -4.71. The van der Waals surface area contributed by atoms with E-state index in [0.717, 1.165) is 30.9 Å². The number of aromatic carboxylic acids is 1. The topological polar surface area (TPSA) is 117 Å². The molecule has 1 unspecified atom stereocenters. The van der Waals surface area contributed by atoms with Crippen molar-refractivity contribution in [2.45, 2.75) is 24.4 Å². The van der Waals surface area contributed by atoms with Crippen molar-refractivity contribution in [2.75, 3.05) is 50.1 Å². The van der Waals surface area contributed by atoms with E-state index in [1.54, 1.807) is 41.4 Å². The van der Waals surface area contributed by atoms with Crippen LogP contribution in [0.1, 0.15) is 28.3 Å². The van der Waals surface area contributed by atoms with Crippen molar-refractivity contribution in [1.29, 1.82) is 0 Å². The Morgan fingerprint density at radius 1 is 1.02 bits per heavy atom. The summed E-state index contributed by atoms with van der Waals surface area (Å²) in [4.78, 5) is 45.5. The number of anilines is 2. The van der Waals surface area contributed by atoms with Gasteiger partial charge in [0.2, 0.25) is 11.3 Å². The van der Waals surface area contributed by atoms with Crippen LogP contribution in [0.25, 0.3) is 16.6 Å². The molecule has 2 saturated heterocycles. The van der Waals surface area contributed by atoms with Crippen LogP contribution in [-0.2, 0) is 0 Å². The molecule has 0 spiro atoms. The SMILES string of the molecule is CN(C)C1CN(c2ccc(-n3cc(C(=O)O)c(=O)c4cc(Cl)c(N5CC(c6cccnc6)C[C@@H]5COc5ncccc5Cl)cc43)cn2)C1. The molecule has 0 saturated carbocycles. The first-order chi connectivity index (χ1) is 23.2. The lowest BCUT2D eigenvalue weighted by Crippen LogP contribution is -2.57. The standard InChI is InChI=1S/C35H33Cl2N7O4/c1-41(2)25-17-42(18-25)32-8-7-23(15-40-32)44-19-27(35(46)47)33(45)26-12-29(37)31(13-30(26)44)43-16-22(21-5-3-9-38-14-21)11-24(43)20-48-34-28(36)6-4-10-39-34/h3-10,12-15,19,22,24-25H,11,16-18,20H2,1-2H3,(H,46,47)/t22?,24-/m1/s1. The summed E-state index contributed by atoms with van der Waals surface area (Å²) in [5.41, 5.74) is 1.93. The molecule has 1 aromatic carbocycles. The zero-order valence-electron chi connectivity index (χ0n) is 26.3. The van der Waals surface area contributed by atoms with Crippen LogP contribution < -0.4 is 20.0 Å². The number of nitrogens with zero attached hydrogens (tertiary/aromatic N) is 7. The molecule has 2 fully saturated rings. The smallest absolute Gasteiger partial charge is 0.341 e. The molecule has 0 radical (unpaired) electrons. The minimum absolute atomic E-state index is 0.125. The second-order valence-electron chi connectivity index (χ2n) is 12.4. The molecule has 2 atom stereocenters. The molecule has 6 heterocycles. The van der Waals surface area contributed by atoms with E-state index in [9.17, 15) is 14.7 Å². The predicted molar refractivity (Wildman–Crippen MR) is 186 cm³/mol. The van der Waals surface area contributed by atoms with Gasteiger partial charge in [-0.2, -0.15) is 0 Å². The van der Waals surface area contributed by atoms with Crippen LogP contribution in [0, 0.1) is 0 Å². The van der Waals surface area contributed by atoms with Crippen LogP contribution in [-0.4, -0.2) is 87.9 Å². The maximum Gasteiger partial charge on any atom is 0.341 e. The third-order valence-corrected chi connectivity index (χ3v) is 9.84. The second-order valence-corrected chi connectivity index (χ2v) is 13.2. The van der Waals surface area contributed by atoms with Crippen molar-refractivity contribution in [3.8, 4) is 11.6 Å². The van der Waals surface area contributed by atoms with Gasteiger partial charge in [-0.25, -0.2) is 14.8 Å². The highest BCUT2D eigenvalue weighted by Crippen LogP contribution is 2.40. The molecule has 13 heteroatoms. The van der Waals surface area contributed by atoms with E-state index in [1.165, 1.54) is 6.20 Å². The average Bonchev–Trinajstić information content (AvgIpc) is 3.48. The van der Waals surface area contributed by atoms with Gasteiger partial charge in [0.25, 0.3) is 0 Å². The van der Waals surface area contributed by atoms with Gasteiger partial charge in [0, 0.05) is 61.8 Å². The number of carboxylic acids is 1. The molecular formula is C35H33Cl2N7O4. The Balaban J connectivity index is 1.29.